The quantitative estimate of drug-likeness (QED) is 0.664. The van der Waals surface area contributed by atoms with Crippen LogP contribution in [0.3, 0.4) is 0 Å². The molecule has 0 aromatic rings. The minimum absolute atomic E-state index is 0.619. The number of hydrogen-bond acceptors (Lipinski definition) is 4. The van der Waals surface area contributed by atoms with Crippen LogP contribution in [0.1, 0.15) is 20.8 Å². The van der Waals surface area contributed by atoms with E-state index in [0.29, 0.717) is 12.1 Å². The minimum atomic E-state index is 0.619. The van der Waals surface area contributed by atoms with Gasteiger partial charge in [0.05, 0.1) is 6.61 Å². The zero-order valence-electron chi connectivity index (χ0n) is 11.9. The largest absolute Gasteiger partial charge is 0.383 e. The molecule has 4 heteroatoms. The van der Waals surface area contributed by atoms with Gasteiger partial charge in [-0.3, -0.25) is 9.80 Å². The van der Waals surface area contributed by atoms with Crippen molar-refractivity contribution in [3.63, 3.8) is 0 Å². The number of rotatable bonds is 7. The Bertz CT molecular complexity index is 201. The van der Waals surface area contributed by atoms with Crippen molar-refractivity contribution < 1.29 is 4.74 Å². The van der Waals surface area contributed by atoms with Gasteiger partial charge in [-0.25, -0.2) is 0 Å². The van der Waals surface area contributed by atoms with Crippen molar-refractivity contribution in [1.29, 1.82) is 0 Å². The first kappa shape index (κ1) is 14.9. The van der Waals surface area contributed by atoms with E-state index in [0.717, 1.165) is 19.7 Å². The summed E-state index contributed by atoms with van der Waals surface area (Å²) in [5.74, 6) is 0. The third-order valence-corrected chi connectivity index (χ3v) is 3.75. The number of piperazine rings is 1. The summed E-state index contributed by atoms with van der Waals surface area (Å²) in [6.45, 7) is 14.5. The fourth-order valence-electron chi connectivity index (χ4n) is 2.51. The molecule has 17 heavy (non-hydrogen) atoms. The van der Waals surface area contributed by atoms with Gasteiger partial charge in [-0.15, -0.1) is 0 Å². The van der Waals surface area contributed by atoms with E-state index in [1.165, 1.54) is 26.2 Å². The lowest BCUT2D eigenvalue weighted by Gasteiger charge is -2.42. The molecule has 0 spiro atoms. The van der Waals surface area contributed by atoms with Crippen molar-refractivity contribution in [2.45, 2.75) is 32.9 Å². The maximum Gasteiger partial charge on any atom is 0.0587 e. The Morgan fingerprint density at radius 1 is 1.41 bits per heavy atom. The molecular formula is C13H29N3O. The molecule has 1 rings (SSSR count). The maximum absolute atomic E-state index is 5.03. The Morgan fingerprint density at radius 3 is 2.76 bits per heavy atom. The van der Waals surface area contributed by atoms with Crippen molar-refractivity contribution >= 4 is 0 Å². The molecular weight excluding hydrogens is 214 g/mol. The molecule has 0 amide bonds. The van der Waals surface area contributed by atoms with Crippen LogP contribution >= 0.6 is 0 Å². The summed E-state index contributed by atoms with van der Waals surface area (Å²) >= 11 is 0. The maximum atomic E-state index is 5.03. The first-order chi connectivity index (χ1) is 8.19. The van der Waals surface area contributed by atoms with Gasteiger partial charge in [-0.1, -0.05) is 6.92 Å². The van der Waals surface area contributed by atoms with Crippen LogP contribution in [0.5, 0.6) is 0 Å². The molecule has 2 unspecified atom stereocenters. The average molecular weight is 243 g/mol. The highest BCUT2D eigenvalue weighted by atomic mass is 16.5. The zero-order valence-corrected chi connectivity index (χ0v) is 11.9. The van der Waals surface area contributed by atoms with E-state index in [2.05, 4.69) is 35.9 Å². The molecule has 2 atom stereocenters. The van der Waals surface area contributed by atoms with Crippen molar-refractivity contribution in [2.24, 2.45) is 0 Å². The highest BCUT2D eigenvalue weighted by Crippen LogP contribution is 2.11. The molecule has 0 bridgehead atoms. The second kappa shape index (κ2) is 8.03. The van der Waals surface area contributed by atoms with Crippen LogP contribution in [0.25, 0.3) is 0 Å². The number of nitrogens with zero attached hydrogens (tertiary/aromatic N) is 2. The van der Waals surface area contributed by atoms with Crippen molar-refractivity contribution in [3.8, 4) is 0 Å². The summed E-state index contributed by atoms with van der Waals surface area (Å²) in [6, 6.07) is 1.31. The van der Waals surface area contributed by atoms with Gasteiger partial charge >= 0.3 is 0 Å². The van der Waals surface area contributed by atoms with Crippen LogP contribution in [-0.4, -0.2) is 74.9 Å². The van der Waals surface area contributed by atoms with Gasteiger partial charge in [-0.2, -0.15) is 0 Å². The number of ether oxygens (including phenoxy) is 1. The summed E-state index contributed by atoms with van der Waals surface area (Å²) in [5, 5.41) is 3.44. The van der Waals surface area contributed by atoms with E-state index in [1.54, 1.807) is 7.11 Å². The van der Waals surface area contributed by atoms with E-state index >= 15 is 0 Å². The smallest absolute Gasteiger partial charge is 0.0587 e. The van der Waals surface area contributed by atoms with Gasteiger partial charge in [0.15, 0.2) is 0 Å². The topological polar surface area (TPSA) is 27.7 Å². The van der Waals surface area contributed by atoms with Gasteiger partial charge in [0.2, 0.25) is 0 Å². The average Bonchev–Trinajstić information content (AvgIpc) is 2.34. The van der Waals surface area contributed by atoms with E-state index in [-0.39, 0.29) is 0 Å². The van der Waals surface area contributed by atoms with E-state index in [1.807, 2.05) is 0 Å². The van der Waals surface area contributed by atoms with E-state index in [4.69, 9.17) is 4.74 Å². The molecule has 1 N–H and O–H groups in total. The van der Waals surface area contributed by atoms with E-state index in [9.17, 15) is 0 Å². The number of likely N-dealkylation sites (N-methyl/N-ethyl adjacent to an activating group) is 1. The van der Waals surface area contributed by atoms with Gasteiger partial charge in [0.1, 0.15) is 0 Å². The Balaban J connectivity index is 2.21. The van der Waals surface area contributed by atoms with Crippen LogP contribution in [0, 0.1) is 0 Å². The lowest BCUT2D eigenvalue weighted by molar-refractivity contribution is 0.0631. The summed E-state index contributed by atoms with van der Waals surface area (Å²) in [6.07, 6.45) is 0. The van der Waals surface area contributed by atoms with Crippen molar-refractivity contribution in [3.05, 3.63) is 0 Å². The van der Waals surface area contributed by atoms with Gasteiger partial charge in [0.25, 0.3) is 0 Å². The highest BCUT2D eigenvalue weighted by Gasteiger charge is 2.24. The van der Waals surface area contributed by atoms with Crippen molar-refractivity contribution in [2.75, 3.05) is 53.0 Å². The molecule has 4 nitrogen and oxygen atoms in total. The predicted molar refractivity (Wildman–Crippen MR) is 72.5 cm³/mol. The summed E-state index contributed by atoms with van der Waals surface area (Å²) in [4.78, 5) is 5.15. The highest BCUT2D eigenvalue weighted by molar-refractivity contribution is 4.82. The van der Waals surface area contributed by atoms with Gasteiger partial charge in [-0.05, 0) is 20.4 Å². The molecule has 0 saturated carbocycles. The van der Waals surface area contributed by atoms with Crippen LogP contribution in [0.15, 0.2) is 0 Å². The Morgan fingerprint density at radius 2 is 2.18 bits per heavy atom. The molecule has 1 fully saturated rings. The summed E-state index contributed by atoms with van der Waals surface area (Å²) in [7, 11) is 1.75. The second-order valence-corrected chi connectivity index (χ2v) is 5.02. The molecule has 0 aromatic carbocycles. The van der Waals surface area contributed by atoms with Crippen LogP contribution in [0.2, 0.25) is 0 Å². The predicted octanol–water partition coefficient (Wildman–Crippen LogP) is 0.637. The molecule has 1 aliphatic heterocycles. The summed E-state index contributed by atoms with van der Waals surface area (Å²) in [5.41, 5.74) is 0. The zero-order chi connectivity index (χ0) is 12.7. The second-order valence-electron chi connectivity index (χ2n) is 5.02. The normalized spacial score (nSPS) is 25.1. The molecule has 102 valence electrons. The standard InChI is InChI=1S/C13H29N3O/c1-5-15-7-8-16(11-13(15)3)12(2)10-14-6-9-17-4/h12-14H,5-11H2,1-4H3. The lowest BCUT2D eigenvalue weighted by atomic mass is 10.1. The van der Waals surface area contributed by atoms with Gasteiger partial charge < -0.3 is 10.1 Å². The van der Waals surface area contributed by atoms with Crippen molar-refractivity contribution in [1.82, 2.24) is 15.1 Å². The molecule has 0 radical (unpaired) electrons. The fraction of sp³-hybridized carbons (Fsp3) is 1.00. The Labute approximate surface area is 106 Å². The molecule has 1 saturated heterocycles. The molecule has 1 heterocycles. The van der Waals surface area contributed by atoms with Crippen LogP contribution in [0.4, 0.5) is 0 Å². The number of nitrogens with one attached hydrogen (secondary N) is 1. The third kappa shape index (κ3) is 4.92. The monoisotopic (exact) mass is 243 g/mol. The molecule has 1 aliphatic rings. The fourth-order valence-corrected chi connectivity index (χ4v) is 2.51. The first-order valence-corrected chi connectivity index (χ1v) is 6.86. The SMILES string of the molecule is CCN1CCN(C(C)CNCCOC)CC1C. The van der Waals surface area contributed by atoms with E-state index < -0.39 is 0 Å². The minimum Gasteiger partial charge on any atom is -0.383 e. The Kier molecular flexibility index (Phi) is 7.04. The van der Waals surface area contributed by atoms with Crippen LogP contribution in [-0.2, 0) is 4.74 Å². The molecule has 0 aliphatic carbocycles. The summed E-state index contributed by atoms with van der Waals surface area (Å²) < 4.78 is 5.03. The first-order valence-electron chi connectivity index (χ1n) is 6.86. The third-order valence-electron chi connectivity index (χ3n) is 3.75. The number of hydrogen-bond donors (Lipinski definition) is 1. The molecule has 0 aromatic heterocycles. The number of methoxy groups -OCH3 is 1. The van der Waals surface area contributed by atoms with Crippen LogP contribution < -0.4 is 5.32 Å². The lowest BCUT2D eigenvalue weighted by Crippen LogP contribution is -2.55. The Hall–Kier alpha value is -0.160. The van der Waals surface area contributed by atoms with Gasteiger partial charge in [0, 0.05) is 51.9 Å².